The predicted molar refractivity (Wildman–Crippen MR) is 88.5 cm³/mol. The van der Waals surface area contributed by atoms with Crippen LogP contribution in [-0.2, 0) is 10.1 Å². The molecular weight excluding hydrogens is 332 g/mol. The molecule has 0 bridgehead atoms. The van der Waals surface area contributed by atoms with Gasteiger partial charge in [-0.05, 0) is 40.7 Å². The van der Waals surface area contributed by atoms with E-state index in [2.05, 4.69) is 49.7 Å². The summed E-state index contributed by atoms with van der Waals surface area (Å²) in [6.07, 6.45) is 0.870. The zero-order chi connectivity index (χ0) is 15.7. The van der Waals surface area contributed by atoms with Gasteiger partial charge in [0.25, 0.3) is 0 Å². The molecule has 1 aromatic carbocycles. The Morgan fingerprint density at radius 1 is 1.29 bits per heavy atom. The lowest BCUT2D eigenvalue weighted by Gasteiger charge is -2.28. The van der Waals surface area contributed by atoms with Gasteiger partial charge >= 0.3 is 0 Å². The Morgan fingerprint density at radius 2 is 2.00 bits per heavy atom. The van der Waals surface area contributed by atoms with E-state index in [0.29, 0.717) is 6.61 Å². The van der Waals surface area contributed by atoms with Crippen LogP contribution in [0.25, 0.3) is 0 Å². The number of ether oxygens (including phenoxy) is 3. The van der Waals surface area contributed by atoms with Crippen molar-refractivity contribution in [2.24, 2.45) is 0 Å². The fourth-order valence-corrected chi connectivity index (χ4v) is 3.35. The van der Waals surface area contributed by atoms with Gasteiger partial charge in [-0.2, -0.15) is 0 Å². The number of hydrogen-bond acceptors (Lipinski definition) is 3. The molecule has 0 aliphatic carbocycles. The molecule has 1 unspecified atom stereocenters. The van der Waals surface area contributed by atoms with Gasteiger partial charge in [0.05, 0.1) is 12.2 Å². The molecule has 0 radical (unpaired) electrons. The van der Waals surface area contributed by atoms with Crippen molar-refractivity contribution < 1.29 is 14.2 Å². The second kappa shape index (κ2) is 6.17. The SMILES string of the molecule is CCOc1cccc(CBr)c1OC1CC(C)(C)OC1(C)C. The molecule has 0 amide bonds. The first-order valence-electron chi connectivity index (χ1n) is 7.46. The summed E-state index contributed by atoms with van der Waals surface area (Å²) in [5, 5.41) is 0.737. The summed E-state index contributed by atoms with van der Waals surface area (Å²) in [7, 11) is 0. The Balaban J connectivity index is 2.30. The van der Waals surface area contributed by atoms with Gasteiger partial charge in [0.1, 0.15) is 11.7 Å². The number of benzene rings is 1. The molecule has 1 aliphatic heterocycles. The Labute approximate surface area is 136 Å². The topological polar surface area (TPSA) is 27.7 Å². The number of halogens is 1. The molecule has 1 aliphatic rings. The van der Waals surface area contributed by atoms with Crippen LogP contribution < -0.4 is 9.47 Å². The Bertz CT molecular complexity index is 497. The average Bonchev–Trinajstić information content (AvgIpc) is 2.59. The van der Waals surface area contributed by atoms with Crippen LogP contribution in [0.4, 0.5) is 0 Å². The van der Waals surface area contributed by atoms with E-state index in [-0.39, 0.29) is 17.3 Å². The van der Waals surface area contributed by atoms with E-state index in [1.165, 1.54) is 0 Å². The molecule has 0 spiro atoms. The second-order valence-electron chi connectivity index (χ2n) is 6.59. The minimum absolute atomic E-state index is 0.00639. The highest BCUT2D eigenvalue weighted by atomic mass is 79.9. The highest BCUT2D eigenvalue weighted by Gasteiger charge is 2.47. The van der Waals surface area contributed by atoms with E-state index >= 15 is 0 Å². The zero-order valence-corrected chi connectivity index (χ0v) is 15.1. The number of hydrogen-bond donors (Lipinski definition) is 0. The molecule has 0 aromatic heterocycles. The maximum absolute atomic E-state index is 6.35. The van der Waals surface area contributed by atoms with Crippen LogP contribution in [-0.4, -0.2) is 23.9 Å². The minimum Gasteiger partial charge on any atom is -0.490 e. The lowest BCUT2D eigenvalue weighted by molar-refractivity contribution is -0.0848. The smallest absolute Gasteiger partial charge is 0.165 e. The van der Waals surface area contributed by atoms with E-state index in [1.807, 2.05) is 19.1 Å². The lowest BCUT2D eigenvalue weighted by Crippen LogP contribution is -2.37. The molecule has 2 rings (SSSR count). The molecule has 0 N–H and O–H groups in total. The van der Waals surface area contributed by atoms with Crippen molar-refractivity contribution >= 4 is 15.9 Å². The summed E-state index contributed by atoms with van der Waals surface area (Å²) < 4.78 is 18.2. The monoisotopic (exact) mass is 356 g/mol. The first-order chi connectivity index (χ1) is 9.79. The third-order valence-corrected chi connectivity index (χ3v) is 4.36. The largest absolute Gasteiger partial charge is 0.490 e. The van der Waals surface area contributed by atoms with E-state index in [4.69, 9.17) is 14.2 Å². The molecule has 21 heavy (non-hydrogen) atoms. The first kappa shape index (κ1) is 16.6. The van der Waals surface area contributed by atoms with E-state index < -0.39 is 0 Å². The Kier molecular flexibility index (Phi) is 4.89. The fraction of sp³-hybridized carbons (Fsp3) is 0.647. The summed E-state index contributed by atoms with van der Waals surface area (Å²) in [6, 6.07) is 6.01. The third kappa shape index (κ3) is 3.72. The average molecular weight is 357 g/mol. The second-order valence-corrected chi connectivity index (χ2v) is 7.15. The molecule has 1 aromatic rings. The van der Waals surface area contributed by atoms with E-state index in [1.54, 1.807) is 0 Å². The Morgan fingerprint density at radius 3 is 2.52 bits per heavy atom. The van der Waals surface area contributed by atoms with Crippen LogP contribution >= 0.6 is 15.9 Å². The van der Waals surface area contributed by atoms with Crippen molar-refractivity contribution in [3.63, 3.8) is 0 Å². The highest BCUT2D eigenvalue weighted by Crippen LogP contribution is 2.42. The molecule has 0 saturated carbocycles. The van der Waals surface area contributed by atoms with Crippen LogP contribution in [0.5, 0.6) is 11.5 Å². The van der Waals surface area contributed by atoms with Crippen LogP contribution in [0.3, 0.4) is 0 Å². The van der Waals surface area contributed by atoms with Gasteiger partial charge in [0.2, 0.25) is 0 Å². The maximum Gasteiger partial charge on any atom is 0.165 e. The molecule has 118 valence electrons. The highest BCUT2D eigenvalue weighted by molar-refractivity contribution is 9.08. The minimum atomic E-state index is -0.313. The number of para-hydroxylation sites is 1. The van der Waals surface area contributed by atoms with Crippen molar-refractivity contribution in [3.05, 3.63) is 23.8 Å². The van der Waals surface area contributed by atoms with Gasteiger partial charge in [0.15, 0.2) is 11.5 Å². The lowest BCUT2D eigenvalue weighted by atomic mass is 9.97. The predicted octanol–water partition coefficient (Wildman–Crippen LogP) is 4.71. The molecule has 1 atom stereocenters. The Hall–Kier alpha value is -0.740. The summed E-state index contributed by atoms with van der Waals surface area (Å²) in [4.78, 5) is 0. The van der Waals surface area contributed by atoms with E-state index in [0.717, 1.165) is 28.8 Å². The molecule has 1 fully saturated rings. The summed E-state index contributed by atoms with van der Waals surface area (Å²) in [6.45, 7) is 11.0. The van der Waals surface area contributed by atoms with Gasteiger partial charge in [-0.1, -0.05) is 28.1 Å². The van der Waals surface area contributed by atoms with E-state index in [9.17, 15) is 0 Å². The number of alkyl halides is 1. The van der Waals surface area contributed by atoms with Crippen LogP contribution in [0, 0.1) is 0 Å². The third-order valence-electron chi connectivity index (χ3n) is 3.76. The molecule has 3 nitrogen and oxygen atoms in total. The van der Waals surface area contributed by atoms with Crippen molar-refractivity contribution in [2.75, 3.05) is 6.61 Å². The quantitative estimate of drug-likeness (QED) is 0.715. The van der Waals surface area contributed by atoms with Gasteiger partial charge < -0.3 is 14.2 Å². The van der Waals surface area contributed by atoms with Crippen molar-refractivity contribution in [1.29, 1.82) is 0 Å². The summed E-state index contributed by atoms with van der Waals surface area (Å²) >= 11 is 3.53. The van der Waals surface area contributed by atoms with Gasteiger partial charge in [-0.15, -0.1) is 0 Å². The normalized spacial score (nSPS) is 23.0. The van der Waals surface area contributed by atoms with Gasteiger partial charge in [-0.25, -0.2) is 0 Å². The van der Waals surface area contributed by atoms with Crippen molar-refractivity contribution in [2.45, 2.75) is 63.7 Å². The van der Waals surface area contributed by atoms with Crippen LogP contribution in [0.2, 0.25) is 0 Å². The number of rotatable bonds is 5. The summed E-state index contributed by atoms with van der Waals surface area (Å²) in [5.74, 6) is 1.63. The zero-order valence-electron chi connectivity index (χ0n) is 13.5. The fourth-order valence-electron chi connectivity index (χ4n) is 2.91. The molecular formula is C17H25BrO3. The van der Waals surface area contributed by atoms with Gasteiger partial charge in [0, 0.05) is 17.3 Å². The molecule has 1 heterocycles. The summed E-state index contributed by atoms with van der Waals surface area (Å²) in [5.41, 5.74) is 0.622. The van der Waals surface area contributed by atoms with Crippen LogP contribution in [0.15, 0.2) is 18.2 Å². The molecule has 1 saturated heterocycles. The van der Waals surface area contributed by atoms with Crippen molar-refractivity contribution in [1.82, 2.24) is 0 Å². The van der Waals surface area contributed by atoms with Crippen molar-refractivity contribution in [3.8, 4) is 11.5 Å². The first-order valence-corrected chi connectivity index (χ1v) is 8.58. The maximum atomic E-state index is 6.35. The van der Waals surface area contributed by atoms with Gasteiger partial charge in [-0.3, -0.25) is 0 Å². The standard InChI is InChI=1S/C17H25BrO3/c1-6-19-13-9-7-8-12(11-18)15(13)20-14-10-16(2,3)21-17(14,4)5/h7-9,14H,6,10-11H2,1-5H3. The van der Waals surface area contributed by atoms with Crippen LogP contribution in [0.1, 0.15) is 46.6 Å². The molecule has 4 heteroatoms.